The first-order valence-electron chi connectivity index (χ1n) is 8.12. The van der Waals surface area contributed by atoms with Crippen LogP contribution in [0.4, 0.5) is 0 Å². The van der Waals surface area contributed by atoms with Crippen molar-refractivity contribution in [1.82, 2.24) is 0 Å². The van der Waals surface area contributed by atoms with Gasteiger partial charge >= 0.3 is 0 Å². The molecule has 1 saturated carbocycles. The van der Waals surface area contributed by atoms with E-state index in [1.807, 2.05) is 60.7 Å². The Morgan fingerprint density at radius 3 is 1.61 bits per heavy atom. The van der Waals surface area contributed by atoms with Crippen molar-refractivity contribution >= 4 is 5.78 Å². The molecule has 0 aromatic heterocycles. The van der Waals surface area contributed by atoms with Crippen LogP contribution in [0.3, 0.4) is 0 Å². The largest absolute Gasteiger partial charge is 0.373 e. The Bertz CT molecular complexity index is 556. The molecule has 0 saturated heterocycles. The van der Waals surface area contributed by atoms with Crippen molar-refractivity contribution < 1.29 is 14.3 Å². The number of benzene rings is 2. The number of ketones is 1. The van der Waals surface area contributed by atoms with E-state index >= 15 is 0 Å². The van der Waals surface area contributed by atoms with Crippen LogP contribution in [0, 0.1) is 0 Å². The number of rotatable bonds is 6. The van der Waals surface area contributed by atoms with Gasteiger partial charge in [-0.1, -0.05) is 60.7 Å². The van der Waals surface area contributed by atoms with Crippen molar-refractivity contribution in [2.75, 3.05) is 0 Å². The Kier molecular flexibility index (Phi) is 5.56. The van der Waals surface area contributed by atoms with Crippen molar-refractivity contribution in [3.63, 3.8) is 0 Å². The monoisotopic (exact) mass is 310 g/mol. The Morgan fingerprint density at radius 2 is 1.17 bits per heavy atom. The molecule has 0 unspecified atom stereocenters. The summed E-state index contributed by atoms with van der Waals surface area (Å²) in [7, 11) is 0. The topological polar surface area (TPSA) is 35.5 Å². The van der Waals surface area contributed by atoms with Crippen LogP contribution < -0.4 is 0 Å². The first kappa shape index (κ1) is 15.9. The minimum Gasteiger partial charge on any atom is -0.373 e. The predicted molar refractivity (Wildman–Crippen MR) is 88.9 cm³/mol. The lowest BCUT2D eigenvalue weighted by Gasteiger charge is -2.28. The van der Waals surface area contributed by atoms with E-state index in [0.29, 0.717) is 26.1 Å². The van der Waals surface area contributed by atoms with E-state index in [9.17, 15) is 4.79 Å². The molecule has 0 amide bonds. The number of carbonyl (C=O) groups excluding carboxylic acids is 1. The maximum Gasteiger partial charge on any atom is 0.138 e. The second-order valence-electron chi connectivity index (χ2n) is 6.02. The Labute approximate surface area is 137 Å². The molecular formula is C20H22O3. The van der Waals surface area contributed by atoms with Crippen LogP contribution in [0.2, 0.25) is 0 Å². The zero-order chi connectivity index (χ0) is 15.9. The molecule has 0 heterocycles. The summed E-state index contributed by atoms with van der Waals surface area (Å²) < 4.78 is 11.8. The van der Waals surface area contributed by atoms with Gasteiger partial charge in [-0.15, -0.1) is 0 Å². The van der Waals surface area contributed by atoms with Crippen molar-refractivity contribution in [3.8, 4) is 0 Å². The molecule has 2 aromatic carbocycles. The van der Waals surface area contributed by atoms with Crippen LogP contribution in [0.1, 0.15) is 30.4 Å². The lowest BCUT2D eigenvalue weighted by Crippen LogP contribution is -2.33. The van der Waals surface area contributed by atoms with Crippen LogP contribution in [0.25, 0.3) is 0 Å². The van der Waals surface area contributed by atoms with Crippen LogP contribution in [-0.4, -0.2) is 18.0 Å². The maximum absolute atomic E-state index is 11.9. The quantitative estimate of drug-likeness (QED) is 0.811. The second-order valence-corrected chi connectivity index (χ2v) is 6.02. The summed E-state index contributed by atoms with van der Waals surface area (Å²) in [6.45, 7) is 1.09. The Balaban J connectivity index is 1.49. The minimum absolute atomic E-state index is 0.0442. The summed E-state index contributed by atoms with van der Waals surface area (Å²) in [5, 5.41) is 0. The van der Waals surface area contributed by atoms with Crippen molar-refractivity contribution in [1.29, 1.82) is 0 Å². The van der Waals surface area contributed by atoms with Gasteiger partial charge in [-0.3, -0.25) is 4.79 Å². The molecule has 2 atom stereocenters. The number of carbonyl (C=O) groups is 1. The van der Waals surface area contributed by atoms with E-state index in [2.05, 4.69) is 0 Å². The molecule has 0 radical (unpaired) electrons. The molecule has 0 N–H and O–H groups in total. The zero-order valence-corrected chi connectivity index (χ0v) is 13.2. The lowest BCUT2D eigenvalue weighted by atomic mass is 9.93. The average Bonchev–Trinajstić information content (AvgIpc) is 2.60. The van der Waals surface area contributed by atoms with Crippen LogP contribution in [-0.2, 0) is 27.5 Å². The van der Waals surface area contributed by atoms with Gasteiger partial charge in [-0.05, 0) is 11.1 Å². The van der Waals surface area contributed by atoms with Crippen molar-refractivity contribution in [2.24, 2.45) is 0 Å². The van der Waals surface area contributed by atoms with Gasteiger partial charge < -0.3 is 9.47 Å². The molecule has 0 spiro atoms. The van der Waals surface area contributed by atoms with Gasteiger partial charge in [0, 0.05) is 19.3 Å². The van der Waals surface area contributed by atoms with Crippen molar-refractivity contribution in [2.45, 2.75) is 44.7 Å². The lowest BCUT2D eigenvalue weighted by molar-refractivity contribution is -0.133. The third-order valence-electron chi connectivity index (χ3n) is 4.09. The highest BCUT2D eigenvalue weighted by atomic mass is 16.5. The fourth-order valence-electron chi connectivity index (χ4n) is 2.88. The Hall–Kier alpha value is -1.97. The fourth-order valence-corrected chi connectivity index (χ4v) is 2.88. The summed E-state index contributed by atoms with van der Waals surface area (Å²) in [6, 6.07) is 20.1. The van der Waals surface area contributed by atoms with Crippen LogP contribution in [0.15, 0.2) is 60.7 Å². The first-order valence-corrected chi connectivity index (χ1v) is 8.12. The van der Waals surface area contributed by atoms with E-state index in [4.69, 9.17) is 9.47 Å². The molecule has 120 valence electrons. The van der Waals surface area contributed by atoms with Gasteiger partial charge in [-0.25, -0.2) is 0 Å². The number of hydrogen-bond acceptors (Lipinski definition) is 3. The normalized spacial score (nSPS) is 21.3. The van der Waals surface area contributed by atoms with Gasteiger partial charge in [0.25, 0.3) is 0 Å². The summed E-state index contributed by atoms with van der Waals surface area (Å²) in [6.07, 6.45) is 1.69. The molecule has 3 heteroatoms. The SMILES string of the molecule is O=C1C[C@@H](OCc2ccccc2)C[C@@H](OCc2ccccc2)C1. The molecule has 23 heavy (non-hydrogen) atoms. The van der Waals surface area contributed by atoms with E-state index < -0.39 is 0 Å². The number of ether oxygens (including phenoxy) is 2. The first-order chi connectivity index (χ1) is 11.3. The zero-order valence-electron chi connectivity index (χ0n) is 13.2. The molecule has 3 rings (SSSR count). The minimum atomic E-state index is -0.0442. The molecule has 2 aromatic rings. The molecule has 1 fully saturated rings. The molecular weight excluding hydrogens is 288 g/mol. The van der Waals surface area contributed by atoms with Crippen LogP contribution in [0.5, 0.6) is 0 Å². The summed E-state index contributed by atoms with van der Waals surface area (Å²) in [4.78, 5) is 11.9. The molecule has 1 aliphatic rings. The average molecular weight is 310 g/mol. The molecule has 1 aliphatic carbocycles. The van der Waals surface area contributed by atoms with Gasteiger partial charge in [0.15, 0.2) is 0 Å². The van der Waals surface area contributed by atoms with Crippen molar-refractivity contribution in [3.05, 3.63) is 71.8 Å². The third-order valence-corrected chi connectivity index (χ3v) is 4.09. The van der Waals surface area contributed by atoms with Crippen LogP contribution >= 0.6 is 0 Å². The van der Waals surface area contributed by atoms with Gasteiger partial charge in [0.1, 0.15) is 5.78 Å². The van der Waals surface area contributed by atoms with E-state index in [1.54, 1.807) is 0 Å². The van der Waals surface area contributed by atoms with Gasteiger partial charge in [-0.2, -0.15) is 0 Å². The maximum atomic E-state index is 11.9. The highest BCUT2D eigenvalue weighted by molar-refractivity contribution is 5.80. The van der Waals surface area contributed by atoms with Gasteiger partial charge in [0.05, 0.1) is 25.4 Å². The predicted octanol–water partition coefficient (Wildman–Crippen LogP) is 3.91. The van der Waals surface area contributed by atoms with E-state index in [0.717, 1.165) is 17.5 Å². The molecule has 3 nitrogen and oxygen atoms in total. The van der Waals surface area contributed by atoms with Gasteiger partial charge in [0.2, 0.25) is 0 Å². The standard InChI is InChI=1S/C20H22O3/c21-18-11-19(22-14-16-7-3-1-4-8-16)13-20(12-18)23-15-17-9-5-2-6-10-17/h1-10,19-20H,11-15H2/t19-,20+. The highest BCUT2D eigenvalue weighted by Crippen LogP contribution is 2.23. The number of hydrogen-bond donors (Lipinski definition) is 0. The molecule has 0 bridgehead atoms. The second kappa shape index (κ2) is 8.04. The van der Waals surface area contributed by atoms with E-state index in [-0.39, 0.29) is 18.0 Å². The fraction of sp³-hybridized carbons (Fsp3) is 0.350. The molecule has 0 aliphatic heterocycles. The smallest absolute Gasteiger partial charge is 0.138 e. The number of Topliss-reactive ketones (excluding diaryl/α,β-unsaturated/α-hetero) is 1. The summed E-state index contributed by atoms with van der Waals surface area (Å²) in [5.74, 6) is 0.229. The summed E-state index contributed by atoms with van der Waals surface area (Å²) in [5.41, 5.74) is 2.26. The highest BCUT2D eigenvalue weighted by Gasteiger charge is 2.28. The summed E-state index contributed by atoms with van der Waals surface area (Å²) >= 11 is 0. The van der Waals surface area contributed by atoms with E-state index in [1.165, 1.54) is 0 Å². The Morgan fingerprint density at radius 1 is 0.739 bits per heavy atom. The third kappa shape index (κ3) is 5.02.